The number of para-hydroxylation sites is 1. The minimum atomic E-state index is -0.0191. The molecule has 1 saturated carbocycles. The van der Waals surface area contributed by atoms with Gasteiger partial charge in [0.25, 0.3) is 5.56 Å². The summed E-state index contributed by atoms with van der Waals surface area (Å²) in [4.78, 5) is 20.2. The van der Waals surface area contributed by atoms with Crippen molar-refractivity contribution in [1.29, 1.82) is 0 Å². The van der Waals surface area contributed by atoms with E-state index in [-0.39, 0.29) is 11.7 Å². The van der Waals surface area contributed by atoms with Gasteiger partial charge in [0.15, 0.2) is 0 Å². The Labute approximate surface area is 183 Å². The lowest BCUT2D eigenvalue weighted by molar-refractivity contribution is 0.0768. The van der Waals surface area contributed by atoms with Gasteiger partial charge in [0.2, 0.25) is 0 Å². The van der Waals surface area contributed by atoms with Crippen molar-refractivity contribution in [3.8, 4) is 17.1 Å². The van der Waals surface area contributed by atoms with Gasteiger partial charge in [-0.25, -0.2) is 4.98 Å². The number of benzene rings is 2. The van der Waals surface area contributed by atoms with Crippen molar-refractivity contribution in [2.75, 3.05) is 13.1 Å². The summed E-state index contributed by atoms with van der Waals surface area (Å²) in [5.74, 6) is 1.60. The number of hydrogen-bond donors (Lipinski definition) is 0. The summed E-state index contributed by atoms with van der Waals surface area (Å²) in [5, 5.41) is 0.648. The third-order valence-corrected chi connectivity index (χ3v) is 7.04. The Morgan fingerprint density at radius 1 is 1.00 bits per heavy atom. The minimum Gasteiger partial charge on any atom is -0.490 e. The predicted molar refractivity (Wildman–Crippen MR) is 125 cm³/mol. The van der Waals surface area contributed by atoms with Gasteiger partial charge in [0.05, 0.1) is 10.9 Å². The summed E-state index contributed by atoms with van der Waals surface area (Å²) in [7, 11) is 1.79. The molecule has 1 aromatic heterocycles. The van der Waals surface area contributed by atoms with Gasteiger partial charge in [-0.05, 0) is 68.5 Å². The Hall–Kier alpha value is -2.66. The van der Waals surface area contributed by atoms with Gasteiger partial charge < -0.3 is 9.64 Å². The average molecular weight is 418 g/mol. The van der Waals surface area contributed by atoms with Crippen molar-refractivity contribution in [2.24, 2.45) is 7.05 Å². The number of ether oxygens (including phenoxy) is 1. The van der Waals surface area contributed by atoms with Crippen LogP contribution in [0.25, 0.3) is 22.3 Å². The molecule has 2 aliphatic rings. The van der Waals surface area contributed by atoms with Crippen LogP contribution in [0.3, 0.4) is 0 Å². The van der Waals surface area contributed by atoms with Crippen LogP contribution >= 0.6 is 0 Å². The molecular weight excluding hydrogens is 386 g/mol. The third-order valence-electron chi connectivity index (χ3n) is 7.04. The van der Waals surface area contributed by atoms with Crippen LogP contribution in [0.1, 0.15) is 44.1 Å². The first-order valence-electron chi connectivity index (χ1n) is 11.6. The van der Waals surface area contributed by atoms with Crippen molar-refractivity contribution in [2.45, 2.75) is 57.6 Å². The third kappa shape index (κ3) is 3.99. The summed E-state index contributed by atoms with van der Waals surface area (Å²) in [5.41, 5.74) is 2.75. The van der Waals surface area contributed by atoms with E-state index in [1.165, 1.54) is 25.7 Å². The lowest BCUT2D eigenvalue weighted by Crippen LogP contribution is -2.43. The first kappa shape index (κ1) is 20.3. The maximum atomic E-state index is 12.8. The maximum Gasteiger partial charge on any atom is 0.261 e. The molecule has 1 aliphatic carbocycles. The highest BCUT2D eigenvalue weighted by atomic mass is 16.5. The Morgan fingerprint density at radius 2 is 1.74 bits per heavy atom. The largest absolute Gasteiger partial charge is 0.490 e. The second-order valence-electron chi connectivity index (χ2n) is 9.08. The van der Waals surface area contributed by atoms with Crippen molar-refractivity contribution in [1.82, 2.24) is 14.5 Å². The normalized spacial score (nSPS) is 18.6. The molecule has 1 aliphatic heterocycles. The predicted octanol–water partition coefficient (Wildman–Crippen LogP) is 4.69. The molecule has 2 aromatic carbocycles. The van der Waals surface area contributed by atoms with Gasteiger partial charge in [0, 0.05) is 31.7 Å². The number of hydrogen-bond acceptors (Lipinski definition) is 4. The standard InChI is InChI=1S/C26H31N3O2/c1-18-17-21(31-20-13-15-29(16-14-20)19-7-3-4-8-19)11-12-22(18)25-27-24-10-6-5-9-23(24)26(30)28(25)2/h5-6,9-12,17,19-20H,3-4,7-8,13-16H2,1-2H3. The molecule has 5 heteroatoms. The van der Waals surface area contributed by atoms with Crippen LogP contribution in [-0.4, -0.2) is 39.7 Å². The molecule has 1 saturated heterocycles. The van der Waals surface area contributed by atoms with Crippen molar-refractivity contribution >= 4 is 10.9 Å². The molecule has 0 radical (unpaired) electrons. The summed E-state index contributed by atoms with van der Waals surface area (Å²) in [6.45, 7) is 4.36. The Balaban J connectivity index is 1.32. The number of piperidine rings is 1. The van der Waals surface area contributed by atoms with Crippen molar-refractivity contribution < 1.29 is 4.74 Å². The number of aryl methyl sites for hydroxylation is 1. The van der Waals surface area contributed by atoms with E-state index in [9.17, 15) is 4.79 Å². The zero-order chi connectivity index (χ0) is 21.4. The van der Waals surface area contributed by atoms with E-state index in [2.05, 4.69) is 17.9 Å². The molecule has 31 heavy (non-hydrogen) atoms. The quantitative estimate of drug-likeness (QED) is 0.618. The number of nitrogens with zero attached hydrogens (tertiary/aromatic N) is 3. The van der Waals surface area contributed by atoms with Gasteiger partial charge in [-0.1, -0.05) is 25.0 Å². The second-order valence-corrected chi connectivity index (χ2v) is 9.08. The highest BCUT2D eigenvalue weighted by Crippen LogP contribution is 2.30. The molecule has 3 aromatic rings. The Kier molecular flexibility index (Phi) is 5.53. The van der Waals surface area contributed by atoms with E-state index in [4.69, 9.17) is 9.72 Å². The van der Waals surface area contributed by atoms with Crippen LogP contribution in [0.4, 0.5) is 0 Å². The number of fused-ring (bicyclic) bond motifs is 1. The fourth-order valence-electron chi connectivity index (χ4n) is 5.24. The van der Waals surface area contributed by atoms with Gasteiger partial charge in [-0.2, -0.15) is 0 Å². The molecule has 162 valence electrons. The van der Waals surface area contributed by atoms with Crippen LogP contribution < -0.4 is 10.3 Å². The summed E-state index contributed by atoms with van der Waals surface area (Å²) in [6.07, 6.45) is 8.01. The molecule has 0 bridgehead atoms. The van der Waals surface area contributed by atoms with Gasteiger partial charge in [0.1, 0.15) is 17.7 Å². The van der Waals surface area contributed by atoms with Crippen molar-refractivity contribution in [3.05, 3.63) is 58.4 Å². The minimum absolute atomic E-state index is 0.0191. The number of rotatable bonds is 4. The smallest absolute Gasteiger partial charge is 0.261 e. The fraction of sp³-hybridized carbons (Fsp3) is 0.462. The van der Waals surface area contributed by atoms with E-state index < -0.39 is 0 Å². The molecular formula is C26H31N3O2. The first-order chi connectivity index (χ1) is 15.1. The molecule has 0 atom stereocenters. The highest BCUT2D eigenvalue weighted by molar-refractivity contribution is 5.80. The summed E-state index contributed by atoms with van der Waals surface area (Å²) >= 11 is 0. The summed E-state index contributed by atoms with van der Waals surface area (Å²) in [6, 6.07) is 14.5. The molecule has 0 amide bonds. The SMILES string of the molecule is Cc1cc(OC2CCN(C3CCCC3)CC2)ccc1-c1nc2ccccc2c(=O)n1C. The van der Waals surface area contributed by atoms with Gasteiger partial charge in [-0.15, -0.1) is 0 Å². The molecule has 0 unspecified atom stereocenters. The van der Waals surface area contributed by atoms with Crippen LogP contribution in [0.5, 0.6) is 5.75 Å². The fourth-order valence-corrected chi connectivity index (χ4v) is 5.24. The number of likely N-dealkylation sites (tertiary alicyclic amines) is 1. The first-order valence-corrected chi connectivity index (χ1v) is 11.6. The van der Waals surface area contributed by atoms with Gasteiger partial charge in [-0.3, -0.25) is 9.36 Å². The van der Waals surface area contributed by atoms with Gasteiger partial charge >= 0.3 is 0 Å². The lowest BCUT2D eigenvalue weighted by Gasteiger charge is -2.36. The van der Waals surface area contributed by atoms with Crippen LogP contribution in [0, 0.1) is 6.92 Å². The average Bonchev–Trinajstić information content (AvgIpc) is 3.32. The molecule has 0 N–H and O–H groups in total. The van der Waals surface area contributed by atoms with Crippen LogP contribution in [0.2, 0.25) is 0 Å². The van der Waals surface area contributed by atoms with Crippen molar-refractivity contribution in [3.63, 3.8) is 0 Å². The second kappa shape index (κ2) is 8.46. The van der Waals surface area contributed by atoms with E-state index in [0.29, 0.717) is 11.2 Å². The zero-order valence-corrected chi connectivity index (χ0v) is 18.5. The molecule has 5 rings (SSSR count). The number of aromatic nitrogens is 2. The van der Waals surface area contributed by atoms with Crippen LogP contribution in [-0.2, 0) is 7.05 Å². The van der Waals surface area contributed by atoms with E-state index >= 15 is 0 Å². The topological polar surface area (TPSA) is 47.4 Å². The molecule has 2 fully saturated rings. The molecule has 0 spiro atoms. The Bertz CT molecular complexity index is 1140. The van der Waals surface area contributed by atoms with E-state index in [1.807, 2.05) is 36.4 Å². The molecule has 5 nitrogen and oxygen atoms in total. The van der Waals surface area contributed by atoms with Crippen LogP contribution in [0.15, 0.2) is 47.3 Å². The summed E-state index contributed by atoms with van der Waals surface area (Å²) < 4.78 is 7.99. The highest BCUT2D eigenvalue weighted by Gasteiger charge is 2.27. The molecule has 2 heterocycles. The van der Waals surface area contributed by atoms with E-state index in [1.54, 1.807) is 11.6 Å². The lowest BCUT2D eigenvalue weighted by atomic mass is 10.0. The zero-order valence-electron chi connectivity index (χ0n) is 18.5. The Morgan fingerprint density at radius 3 is 2.48 bits per heavy atom. The van der Waals surface area contributed by atoms with E-state index in [0.717, 1.165) is 54.4 Å². The maximum absolute atomic E-state index is 12.8. The monoisotopic (exact) mass is 417 g/mol.